The summed E-state index contributed by atoms with van der Waals surface area (Å²) >= 11 is 0. The highest BCUT2D eigenvalue weighted by Gasteiger charge is 2.19. The van der Waals surface area contributed by atoms with Gasteiger partial charge in [0, 0.05) is 54.7 Å². The van der Waals surface area contributed by atoms with E-state index in [9.17, 15) is 0 Å². The van der Waals surface area contributed by atoms with Crippen molar-refractivity contribution in [2.45, 2.75) is 0 Å². The van der Waals surface area contributed by atoms with Crippen LogP contribution in [-0.2, 0) is 0 Å². The molecule has 0 spiro atoms. The molecule has 0 aliphatic rings. The number of hydrogen-bond acceptors (Lipinski definition) is 4. The molecule has 0 N–H and O–H groups in total. The van der Waals surface area contributed by atoms with E-state index in [1.54, 1.807) is 0 Å². The predicted molar refractivity (Wildman–Crippen MR) is 284 cm³/mol. The first-order valence-electron chi connectivity index (χ1n) is 23.3. The van der Waals surface area contributed by atoms with E-state index >= 15 is 0 Å². The topological polar surface area (TPSA) is 57.0 Å². The molecule has 0 saturated carbocycles. The Morgan fingerprint density at radius 1 is 0.290 bits per heavy atom. The number of rotatable bonds is 7. The summed E-state index contributed by atoms with van der Waals surface area (Å²) in [6.07, 6.45) is 0. The summed E-state index contributed by atoms with van der Waals surface area (Å²) in [6.45, 7) is 0. The highest BCUT2D eigenvalue weighted by Crippen LogP contribution is 2.41. The van der Waals surface area contributed by atoms with Gasteiger partial charge in [-0.2, -0.15) is 0 Å². The van der Waals surface area contributed by atoms with Gasteiger partial charge in [0.05, 0.1) is 22.4 Å². The van der Waals surface area contributed by atoms with Crippen molar-refractivity contribution in [2.24, 2.45) is 0 Å². The highest BCUT2D eigenvalue weighted by molar-refractivity contribution is 6.13. The summed E-state index contributed by atoms with van der Waals surface area (Å²) in [5, 5.41) is 6.64. The second kappa shape index (κ2) is 15.7. The van der Waals surface area contributed by atoms with E-state index in [0.717, 1.165) is 99.9 Å². The molecule has 0 fully saturated rings. The summed E-state index contributed by atoms with van der Waals surface area (Å²) in [4.78, 5) is 10.5. The third-order valence-corrected chi connectivity index (χ3v) is 13.6. The fourth-order valence-corrected chi connectivity index (χ4v) is 10.3. The van der Waals surface area contributed by atoms with Crippen LogP contribution in [0.25, 0.3) is 139 Å². The minimum atomic E-state index is 0.623. The van der Waals surface area contributed by atoms with E-state index in [4.69, 9.17) is 18.8 Å². The molecule has 322 valence electrons. The number of fused-ring (bicyclic) bond motifs is 9. The lowest BCUT2D eigenvalue weighted by atomic mass is 9.95. The molecule has 14 rings (SSSR count). The highest BCUT2D eigenvalue weighted by atomic mass is 16.3. The Morgan fingerprint density at radius 2 is 0.812 bits per heavy atom. The first kappa shape index (κ1) is 38.9. The standard InChI is InChI=1S/C64H39N3O2/c1-3-14-40(15-4-1)55-39-56(47-28-31-51-50-23-8-10-26-59(50)69-62(51)38-47)66-64(65-55)52-24-13-27-61-63(52)54-37-46(30-33-60(54)68-61)44-19-12-17-42(35-44)41-16-11-18-43(34-41)45-29-32-58-53(36-45)49-22-7-9-25-57(49)67(58)48-20-5-2-6-21-48/h1-39H. The van der Waals surface area contributed by atoms with Crippen LogP contribution in [0.4, 0.5) is 0 Å². The predicted octanol–water partition coefficient (Wildman–Crippen LogP) is 17.4. The smallest absolute Gasteiger partial charge is 0.161 e. The van der Waals surface area contributed by atoms with Gasteiger partial charge in [-0.15, -0.1) is 0 Å². The number of furan rings is 2. The third kappa shape index (κ3) is 6.55. The number of benzene rings is 10. The van der Waals surface area contributed by atoms with E-state index in [1.807, 2.05) is 48.5 Å². The third-order valence-electron chi connectivity index (χ3n) is 13.6. The van der Waals surface area contributed by atoms with Crippen molar-refractivity contribution in [3.8, 4) is 73.0 Å². The molecular weight excluding hydrogens is 843 g/mol. The van der Waals surface area contributed by atoms with Crippen molar-refractivity contribution in [3.63, 3.8) is 0 Å². The molecule has 14 aromatic rings. The number of hydrogen-bond donors (Lipinski definition) is 0. The fraction of sp³-hybridized carbons (Fsp3) is 0. The summed E-state index contributed by atoms with van der Waals surface area (Å²) in [6, 6.07) is 83.4. The zero-order chi connectivity index (χ0) is 45.4. The quantitative estimate of drug-likeness (QED) is 0.160. The molecule has 4 heterocycles. The first-order valence-corrected chi connectivity index (χ1v) is 23.3. The van der Waals surface area contributed by atoms with Gasteiger partial charge >= 0.3 is 0 Å². The van der Waals surface area contributed by atoms with Crippen molar-refractivity contribution >= 4 is 65.7 Å². The average Bonchev–Trinajstić information content (AvgIpc) is 4.10. The molecule has 69 heavy (non-hydrogen) atoms. The van der Waals surface area contributed by atoms with Crippen LogP contribution in [0.15, 0.2) is 245 Å². The summed E-state index contributed by atoms with van der Waals surface area (Å²) in [7, 11) is 0. The van der Waals surface area contributed by atoms with Crippen molar-refractivity contribution in [1.82, 2.24) is 14.5 Å². The SMILES string of the molecule is c1ccc(-c2cc(-c3ccc4c(c3)oc3ccccc34)nc(-c3cccc4oc5ccc(-c6cccc(-c7cccc(-c8ccc9c(c8)c8ccccc8n9-c8ccccc8)c7)c6)cc5c34)n2)cc1. The van der Waals surface area contributed by atoms with Gasteiger partial charge in [-0.25, -0.2) is 9.97 Å². The van der Waals surface area contributed by atoms with E-state index in [2.05, 4.69) is 193 Å². The maximum absolute atomic E-state index is 6.57. The van der Waals surface area contributed by atoms with Crippen molar-refractivity contribution < 1.29 is 8.83 Å². The summed E-state index contributed by atoms with van der Waals surface area (Å²) in [5.74, 6) is 0.623. The molecule has 0 atom stereocenters. The second-order valence-corrected chi connectivity index (χ2v) is 17.7. The maximum Gasteiger partial charge on any atom is 0.161 e. The lowest BCUT2D eigenvalue weighted by Crippen LogP contribution is -1.96. The molecule has 5 heteroatoms. The molecule has 0 aliphatic carbocycles. The Morgan fingerprint density at radius 3 is 1.58 bits per heavy atom. The van der Waals surface area contributed by atoms with Gasteiger partial charge in [0.2, 0.25) is 0 Å². The normalized spacial score (nSPS) is 11.8. The van der Waals surface area contributed by atoms with Crippen LogP contribution in [0.2, 0.25) is 0 Å². The minimum absolute atomic E-state index is 0.623. The molecule has 4 aromatic heterocycles. The molecule has 0 saturated heterocycles. The number of nitrogens with zero attached hydrogens (tertiary/aromatic N) is 3. The van der Waals surface area contributed by atoms with Gasteiger partial charge < -0.3 is 13.4 Å². The van der Waals surface area contributed by atoms with E-state index in [-0.39, 0.29) is 0 Å². The zero-order valence-corrected chi connectivity index (χ0v) is 37.2. The Kier molecular flexibility index (Phi) is 8.83. The Balaban J connectivity index is 0.849. The Labute approximate surface area is 396 Å². The summed E-state index contributed by atoms with van der Waals surface area (Å²) < 4.78 is 15.3. The van der Waals surface area contributed by atoms with Gasteiger partial charge in [-0.3, -0.25) is 0 Å². The molecule has 0 unspecified atom stereocenters. The molecule has 0 aliphatic heterocycles. The van der Waals surface area contributed by atoms with Crippen molar-refractivity contribution in [1.29, 1.82) is 0 Å². The van der Waals surface area contributed by atoms with Crippen LogP contribution >= 0.6 is 0 Å². The second-order valence-electron chi connectivity index (χ2n) is 17.7. The fourth-order valence-electron chi connectivity index (χ4n) is 10.3. The number of para-hydroxylation sites is 3. The van der Waals surface area contributed by atoms with E-state index in [0.29, 0.717) is 5.82 Å². The summed E-state index contributed by atoms with van der Waals surface area (Å²) in [5.41, 5.74) is 18.2. The maximum atomic E-state index is 6.57. The lowest BCUT2D eigenvalue weighted by Gasteiger charge is -2.11. The van der Waals surface area contributed by atoms with E-state index < -0.39 is 0 Å². The molecule has 0 amide bonds. The van der Waals surface area contributed by atoms with Gasteiger partial charge in [-0.05, 0) is 118 Å². The zero-order valence-electron chi connectivity index (χ0n) is 37.2. The van der Waals surface area contributed by atoms with Crippen molar-refractivity contribution in [3.05, 3.63) is 237 Å². The van der Waals surface area contributed by atoms with Crippen molar-refractivity contribution in [2.75, 3.05) is 0 Å². The molecule has 0 bridgehead atoms. The average molecular weight is 882 g/mol. The Bertz CT molecular complexity index is 4310. The van der Waals surface area contributed by atoms with Crippen LogP contribution < -0.4 is 0 Å². The van der Waals surface area contributed by atoms with Crippen LogP contribution in [-0.4, -0.2) is 14.5 Å². The molecule has 0 radical (unpaired) electrons. The molecular formula is C64H39N3O2. The number of aromatic nitrogens is 3. The van der Waals surface area contributed by atoms with Crippen LogP contribution in [0.5, 0.6) is 0 Å². The van der Waals surface area contributed by atoms with Gasteiger partial charge in [0.25, 0.3) is 0 Å². The molecule has 5 nitrogen and oxygen atoms in total. The lowest BCUT2D eigenvalue weighted by molar-refractivity contribution is 0.668. The minimum Gasteiger partial charge on any atom is -0.456 e. The first-order chi connectivity index (χ1) is 34.2. The van der Waals surface area contributed by atoms with Gasteiger partial charge in [0.1, 0.15) is 22.3 Å². The van der Waals surface area contributed by atoms with Gasteiger partial charge in [-0.1, -0.05) is 152 Å². The largest absolute Gasteiger partial charge is 0.456 e. The molecule has 10 aromatic carbocycles. The van der Waals surface area contributed by atoms with Crippen LogP contribution in [0.1, 0.15) is 0 Å². The Hall–Kier alpha value is -9.32. The van der Waals surface area contributed by atoms with Gasteiger partial charge in [0.15, 0.2) is 5.82 Å². The van der Waals surface area contributed by atoms with Crippen LogP contribution in [0, 0.1) is 0 Å². The van der Waals surface area contributed by atoms with Crippen LogP contribution in [0.3, 0.4) is 0 Å². The monoisotopic (exact) mass is 881 g/mol. The van der Waals surface area contributed by atoms with E-state index in [1.165, 1.54) is 32.9 Å².